The average molecular weight is 498 g/mol. The highest BCUT2D eigenvalue weighted by molar-refractivity contribution is 6.53. The first-order chi connectivity index (χ1) is 17.3. The van der Waals surface area contributed by atoms with Gasteiger partial charge < -0.3 is 30.6 Å². The topological polar surface area (TPSA) is 125 Å². The number of aromatic nitrogens is 3. The Kier molecular flexibility index (Phi) is 8.58. The number of pyridine rings is 3. The molecule has 0 fully saturated rings. The molecular formula is C24H34B4N6O3. The van der Waals surface area contributed by atoms with Crippen LogP contribution < -0.4 is 20.1 Å². The lowest BCUT2D eigenvalue weighted by Gasteiger charge is -2.38. The Labute approximate surface area is 222 Å². The fourth-order valence-corrected chi connectivity index (χ4v) is 3.50. The van der Waals surface area contributed by atoms with Crippen LogP contribution in [0.3, 0.4) is 0 Å². The van der Waals surface area contributed by atoms with E-state index in [-0.39, 0.29) is 6.04 Å². The van der Waals surface area contributed by atoms with E-state index in [0.717, 1.165) is 16.9 Å². The Morgan fingerprint density at radius 3 is 2.35 bits per heavy atom. The molecule has 3 aromatic rings. The minimum Gasteiger partial charge on any atom is -0.488 e. The molecule has 37 heavy (non-hydrogen) atoms. The molecule has 190 valence electrons. The van der Waals surface area contributed by atoms with Crippen molar-refractivity contribution in [3.05, 3.63) is 54.0 Å². The van der Waals surface area contributed by atoms with Crippen LogP contribution in [0.1, 0.15) is 32.0 Å². The van der Waals surface area contributed by atoms with Crippen LogP contribution in [-0.4, -0.2) is 81.1 Å². The summed E-state index contributed by atoms with van der Waals surface area (Å²) in [6.07, 6.45) is 3.33. The van der Waals surface area contributed by atoms with Gasteiger partial charge in [0.1, 0.15) is 37.1 Å². The summed E-state index contributed by atoms with van der Waals surface area (Å²) in [6, 6.07) is 9.53. The highest BCUT2D eigenvalue weighted by atomic mass is 16.5. The standard InChI is InChI=1S/C24H34B4N6O3/c1-13(2)33-20-18(32-12-15-7-5-9-30-21(15)36-4)11-17(34-19(20)14(3)29)16-8-6-10-31-22(16)37-24(27,28)23(25,26)35/h5-11,13,29,33,35H,12,25-28H2,1-4H3,(H,32,34). The summed E-state index contributed by atoms with van der Waals surface area (Å²) >= 11 is 0. The lowest BCUT2D eigenvalue weighted by molar-refractivity contribution is 0.0785. The van der Waals surface area contributed by atoms with Gasteiger partial charge in [0.05, 0.1) is 40.9 Å². The number of nitrogens with one attached hydrogen (secondary N) is 3. The first kappa shape index (κ1) is 28.1. The number of nitrogens with zero attached hydrogens (tertiary/aromatic N) is 3. The molecule has 4 N–H and O–H groups in total. The monoisotopic (exact) mass is 498 g/mol. The van der Waals surface area contributed by atoms with Gasteiger partial charge in [0.2, 0.25) is 11.8 Å². The summed E-state index contributed by atoms with van der Waals surface area (Å²) < 4.78 is 11.6. The van der Waals surface area contributed by atoms with E-state index in [1.807, 2.05) is 59.9 Å². The van der Waals surface area contributed by atoms with Crippen LogP contribution in [0.4, 0.5) is 11.4 Å². The van der Waals surface area contributed by atoms with Gasteiger partial charge in [0, 0.05) is 35.9 Å². The zero-order chi connectivity index (χ0) is 27.4. The molecule has 0 amide bonds. The van der Waals surface area contributed by atoms with E-state index < -0.39 is 10.8 Å². The van der Waals surface area contributed by atoms with Gasteiger partial charge >= 0.3 is 0 Å². The summed E-state index contributed by atoms with van der Waals surface area (Å²) in [7, 11) is 8.63. The van der Waals surface area contributed by atoms with Gasteiger partial charge in [-0.25, -0.2) is 15.0 Å². The molecule has 3 heterocycles. The van der Waals surface area contributed by atoms with Crippen molar-refractivity contribution in [1.82, 2.24) is 15.0 Å². The van der Waals surface area contributed by atoms with Gasteiger partial charge in [-0.1, -0.05) is 6.07 Å². The zero-order valence-corrected chi connectivity index (χ0v) is 22.9. The van der Waals surface area contributed by atoms with Gasteiger partial charge in [-0.05, 0) is 45.0 Å². The fraction of sp³-hybridized carbons (Fsp3) is 0.333. The zero-order valence-electron chi connectivity index (χ0n) is 22.9. The highest BCUT2D eigenvalue weighted by Gasteiger charge is 2.37. The molecule has 0 aromatic carbocycles. The number of hydrogen-bond acceptors (Lipinski definition) is 9. The van der Waals surface area contributed by atoms with Gasteiger partial charge in [-0.15, -0.1) is 0 Å². The number of rotatable bonds is 11. The van der Waals surface area contributed by atoms with E-state index in [0.29, 0.717) is 41.0 Å². The van der Waals surface area contributed by atoms with Gasteiger partial charge in [0.25, 0.3) is 0 Å². The van der Waals surface area contributed by atoms with Crippen LogP contribution >= 0.6 is 0 Å². The van der Waals surface area contributed by atoms with Crippen LogP contribution in [0.15, 0.2) is 42.7 Å². The molecule has 3 aromatic heterocycles. The predicted octanol–water partition coefficient (Wildman–Crippen LogP) is -0.422. The van der Waals surface area contributed by atoms with Crippen LogP contribution in [0, 0.1) is 5.41 Å². The maximum atomic E-state index is 10.6. The van der Waals surface area contributed by atoms with Crippen LogP contribution in [0.25, 0.3) is 11.3 Å². The Bertz CT molecular complexity index is 1270. The molecule has 0 unspecified atom stereocenters. The van der Waals surface area contributed by atoms with Gasteiger partial charge in [-0.2, -0.15) is 0 Å². The first-order valence-corrected chi connectivity index (χ1v) is 12.3. The van der Waals surface area contributed by atoms with Crippen LogP contribution in [0.2, 0.25) is 0 Å². The second kappa shape index (κ2) is 11.3. The molecule has 13 heteroatoms. The summed E-state index contributed by atoms with van der Waals surface area (Å²) in [5.41, 5.74) is 4.47. The Hall–Kier alpha value is -3.46. The fourth-order valence-electron chi connectivity index (χ4n) is 3.50. The molecule has 0 bridgehead atoms. The molecule has 0 spiro atoms. The van der Waals surface area contributed by atoms with Crippen LogP contribution in [-0.2, 0) is 6.54 Å². The third kappa shape index (κ3) is 6.65. The van der Waals surface area contributed by atoms with Crippen molar-refractivity contribution in [3.63, 3.8) is 0 Å². The minimum atomic E-state index is -1.12. The quantitative estimate of drug-likeness (QED) is 0.208. The van der Waals surface area contributed by atoms with Gasteiger partial charge in [0.15, 0.2) is 0 Å². The molecule has 0 saturated heterocycles. The Balaban J connectivity index is 2.14. The van der Waals surface area contributed by atoms with E-state index in [1.54, 1.807) is 42.1 Å². The first-order valence-electron chi connectivity index (χ1n) is 12.3. The lowest BCUT2D eigenvalue weighted by Crippen LogP contribution is -2.60. The van der Waals surface area contributed by atoms with Crippen molar-refractivity contribution in [2.24, 2.45) is 0 Å². The second-order valence-electron chi connectivity index (χ2n) is 10.3. The smallest absolute Gasteiger partial charge is 0.221 e. The SMILES string of the molecule is BC(B)(O)C(B)(B)Oc1ncccc1-c1cc(NCc2cccnc2OC)c(NC(C)C)c(C(C)=N)n1. The summed E-state index contributed by atoms with van der Waals surface area (Å²) in [5, 5.41) is 24.0. The molecule has 0 aliphatic heterocycles. The second-order valence-corrected chi connectivity index (χ2v) is 10.3. The predicted molar refractivity (Wildman–Crippen MR) is 159 cm³/mol. The normalized spacial score (nSPS) is 11.7. The number of anilines is 2. The maximum Gasteiger partial charge on any atom is 0.221 e. The molecular weight excluding hydrogens is 464 g/mol. The van der Waals surface area contributed by atoms with Gasteiger partial charge in [-0.3, -0.25) is 0 Å². The lowest BCUT2D eigenvalue weighted by atomic mass is 9.42. The van der Waals surface area contributed by atoms with Crippen molar-refractivity contribution in [2.75, 3.05) is 17.7 Å². The number of hydrogen-bond donors (Lipinski definition) is 4. The molecule has 0 aliphatic rings. The van der Waals surface area contributed by atoms with E-state index in [9.17, 15) is 5.11 Å². The molecule has 9 nitrogen and oxygen atoms in total. The Morgan fingerprint density at radius 1 is 1.11 bits per heavy atom. The van der Waals surface area contributed by atoms with Crippen LogP contribution in [0.5, 0.6) is 11.8 Å². The van der Waals surface area contributed by atoms with E-state index in [1.165, 1.54) is 0 Å². The van der Waals surface area contributed by atoms with E-state index in [2.05, 4.69) is 20.6 Å². The molecule has 0 saturated carbocycles. The summed E-state index contributed by atoms with van der Waals surface area (Å²) in [6.45, 7) is 6.24. The van der Waals surface area contributed by atoms with E-state index >= 15 is 0 Å². The minimum absolute atomic E-state index is 0.115. The largest absolute Gasteiger partial charge is 0.488 e. The summed E-state index contributed by atoms with van der Waals surface area (Å²) in [4.78, 5) is 13.6. The molecule has 0 atom stereocenters. The number of aliphatic hydroxyl groups is 1. The third-order valence-corrected chi connectivity index (χ3v) is 6.19. The highest BCUT2D eigenvalue weighted by Crippen LogP contribution is 2.36. The van der Waals surface area contributed by atoms with Crippen molar-refractivity contribution >= 4 is 48.5 Å². The maximum absolute atomic E-state index is 10.6. The van der Waals surface area contributed by atoms with E-state index in [4.69, 9.17) is 19.9 Å². The van der Waals surface area contributed by atoms with Crippen molar-refractivity contribution in [2.45, 2.75) is 44.2 Å². The van der Waals surface area contributed by atoms with Crippen molar-refractivity contribution < 1.29 is 14.6 Å². The average Bonchev–Trinajstić information content (AvgIpc) is 2.82. The molecule has 0 aliphatic carbocycles. The molecule has 3 rings (SSSR count). The Morgan fingerprint density at radius 2 is 1.76 bits per heavy atom. The van der Waals surface area contributed by atoms with Crippen molar-refractivity contribution in [1.29, 1.82) is 5.41 Å². The summed E-state index contributed by atoms with van der Waals surface area (Å²) in [5.74, 6) is 0.892. The number of ether oxygens (including phenoxy) is 2. The molecule has 0 radical (unpaired) electrons. The third-order valence-electron chi connectivity index (χ3n) is 6.19. The van der Waals surface area contributed by atoms with Crippen molar-refractivity contribution in [3.8, 4) is 23.0 Å². The number of methoxy groups -OCH3 is 1.